The van der Waals surface area contributed by atoms with Crippen LogP contribution in [0.2, 0.25) is 0 Å². The fourth-order valence-electron chi connectivity index (χ4n) is 2.25. The number of nitrogens with two attached hydrogens (primary N) is 1. The normalized spacial score (nSPS) is 10.7. The topological polar surface area (TPSA) is 85.8 Å². The fourth-order valence-corrected chi connectivity index (χ4v) is 2.94. The maximum atomic E-state index is 12.2. The van der Waals surface area contributed by atoms with E-state index in [0.717, 1.165) is 16.1 Å². The van der Waals surface area contributed by atoms with E-state index < -0.39 is 0 Å². The zero-order chi connectivity index (χ0) is 16.2. The average molecular weight is 327 g/mol. The molecule has 3 aromatic rings. The first kappa shape index (κ1) is 15.2. The molecule has 0 bridgehead atoms. The van der Waals surface area contributed by atoms with Gasteiger partial charge in [-0.1, -0.05) is 30.3 Å². The van der Waals surface area contributed by atoms with Gasteiger partial charge in [-0.3, -0.25) is 4.79 Å². The standard InChI is InChI=1S/C16H17N5OS/c1-21-10-19-14(11-5-3-2-4-6-11)15(21)20-13(22)8-7-12-9-18-16(17)23-12/h2-6,9-10H,7-8H2,1H3,(H2,17,18)(H,20,22). The zero-order valence-corrected chi connectivity index (χ0v) is 13.5. The van der Waals surface area contributed by atoms with Gasteiger partial charge in [0.2, 0.25) is 5.91 Å². The molecule has 3 rings (SSSR count). The number of benzene rings is 1. The van der Waals surface area contributed by atoms with Crippen LogP contribution in [0.5, 0.6) is 0 Å². The molecule has 0 radical (unpaired) electrons. The van der Waals surface area contributed by atoms with E-state index in [2.05, 4.69) is 15.3 Å². The van der Waals surface area contributed by atoms with E-state index >= 15 is 0 Å². The number of thiazole rings is 1. The van der Waals surface area contributed by atoms with Gasteiger partial charge in [0.25, 0.3) is 0 Å². The number of nitrogen functional groups attached to an aromatic ring is 1. The van der Waals surface area contributed by atoms with Gasteiger partial charge in [0, 0.05) is 30.1 Å². The van der Waals surface area contributed by atoms with Crippen LogP contribution in [0.15, 0.2) is 42.9 Å². The summed E-state index contributed by atoms with van der Waals surface area (Å²) in [6, 6.07) is 9.79. The summed E-state index contributed by atoms with van der Waals surface area (Å²) in [5.41, 5.74) is 7.33. The van der Waals surface area contributed by atoms with Crippen LogP contribution in [0.1, 0.15) is 11.3 Å². The largest absolute Gasteiger partial charge is 0.375 e. The number of carbonyl (C=O) groups is 1. The van der Waals surface area contributed by atoms with E-state index in [4.69, 9.17) is 5.73 Å². The first-order chi connectivity index (χ1) is 11.1. The molecule has 0 unspecified atom stereocenters. The third-order valence-electron chi connectivity index (χ3n) is 3.41. The van der Waals surface area contributed by atoms with Gasteiger partial charge in [-0.15, -0.1) is 11.3 Å². The Morgan fingerprint density at radius 1 is 1.30 bits per heavy atom. The summed E-state index contributed by atoms with van der Waals surface area (Å²) in [4.78, 5) is 21.6. The molecule has 1 amide bonds. The van der Waals surface area contributed by atoms with Crippen LogP contribution in [0, 0.1) is 0 Å². The number of hydrogen-bond acceptors (Lipinski definition) is 5. The Bertz CT molecular complexity index is 809. The maximum absolute atomic E-state index is 12.2. The number of aromatic nitrogens is 3. The highest BCUT2D eigenvalue weighted by Gasteiger charge is 2.14. The molecule has 6 nitrogen and oxygen atoms in total. The lowest BCUT2D eigenvalue weighted by molar-refractivity contribution is -0.116. The summed E-state index contributed by atoms with van der Waals surface area (Å²) in [6.07, 6.45) is 4.41. The van der Waals surface area contributed by atoms with Crippen LogP contribution in [-0.2, 0) is 18.3 Å². The van der Waals surface area contributed by atoms with Crippen LogP contribution >= 0.6 is 11.3 Å². The Balaban J connectivity index is 1.70. The van der Waals surface area contributed by atoms with E-state index in [1.54, 1.807) is 12.5 Å². The lowest BCUT2D eigenvalue weighted by atomic mass is 10.1. The molecule has 0 aliphatic carbocycles. The van der Waals surface area contributed by atoms with Gasteiger partial charge in [0.15, 0.2) is 5.13 Å². The number of aryl methyl sites for hydroxylation is 2. The van der Waals surface area contributed by atoms with Crippen molar-refractivity contribution in [1.82, 2.24) is 14.5 Å². The number of rotatable bonds is 5. The molecule has 2 aromatic heterocycles. The quantitative estimate of drug-likeness (QED) is 0.754. The minimum Gasteiger partial charge on any atom is -0.375 e. The predicted octanol–water partition coefficient (Wildman–Crippen LogP) is 2.70. The summed E-state index contributed by atoms with van der Waals surface area (Å²) in [5.74, 6) is 0.641. The highest BCUT2D eigenvalue weighted by Crippen LogP contribution is 2.26. The maximum Gasteiger partial charge on any atom is 0.225 e. The van der Waals surface area contributed by atoms with E-state index in [9.17, 15) is 4.79 Å². The Labute approximate surface area is 138 Å². The first-order valence-corrected chi connectivity index (χ1v) is 8.02. The first-order valence-electron chi connectivity index (χ1n) is 7.20. The molecular weight excluding hydrogens is 310 g/mol. The highest BCUT2D eigenvalue weighted by atomic mass is 32.1. The minimum atomic E-state index is -0.0576. The van der Waals surface area contributed by atoms with Gasteiger partial charge in [-0.2, -0.15) is 0 Å². The van der Waals surface area contributed by atoms with E-state index in [-0.39, 0.29) is 5.91 Å². The van der Waals surface area contributed by atoms with Gasteiger partial charge in [-0.25, -0.2) is 9.97 Å². The summed E-state index contributed by atoms with van der Waals surface area (Å²) in [5, 5.41) is 3.48. The van der Waals surface area contributed by atoms with Gasteiger partial charge < -0.3 is 15.6 Å². The SMILES string of the molecule is Cn1cnc(-c2ccccc2)c1NC(=O)CCc1cnc(N)s1. The van der Waals surface area contributed by atoms with Crippen molar-refractivity contribution in [2.24, 2.45) is 7.05 Å². The average Bonchev–Trinajstić information content (AvgIpc) is 3.13. The second-order valence-corrected chi connectivity index (χ2v) is 6.28. The number of anilines is 2. The molecular formula is C16H17N5OS. The summed E-state index contributed by atoms with van der Waals surface area (Å²) in [7, 11) is 1.86. The van der Waals surface area contributed by atoms with E-state index in [0.29, 0.717) is 23.8 Å². The Hall–Kier alpha value is -2.67. The third kappa shape index (κ3) is 3.57. The number of nitrogens with zero attached hydrogens (tertiary/aromatic N) is 3. The second-order valence-electron chi connectivity index (χ2n) is 5.13. The second kappa shape index (κ2) is 6.62. The highest BCUT2D eigenvalue weighted by molar-refractivity contribution is 7.15. The lowest BCUT2D eigenvalue weighted by Crippen LogP contribution is -2.15. The smallest absolute Gasteiger partial charge is 0.225 e. The summed E-state index contributed by atoms with van der Waals surface area (Å²) < 4.78 is 1.81. The molecule has 1 aromatic carbocycles. The molecule has 0 saturated heterocycles. The number of carbonyl (C=O) groups excluding carboxylic acids is 1. The monoisotopic (exact) mass is 327 g/mol. The molecule has 118 valence electrons. The van der Waals surface area contributed by atoms with Crippen molar-refractivity contribution in [3.63, 3.8) is 0 Å². The summed E-state index contributed by atoms with van der Waals surface area (Å²) in [6.45, 7) is 0. The molecule has 7 heteroatoms. The summed E-state index contributed by atoms with van der Waals surface area (Å²) >= 11 is 1.41. The van der Waals surface area contributed by atoms with Crippen LogP contribution in [-0.4, -0.2) is 20.4 Å². The number of amides is 1. The van der Waals surface area contributed by atoms with Gasteiger partial charge in [-0.05, 0) is 6.42 Å². The van der Waals surface area contributed by atoms with Crippen molar-refractivity contribution in [2.45, 2.75) is 12.8 Å². The molecule has 0 spiro atoms. The van der Waals surface area contributed by atoms with Crippen molar-refractivity contribution in [2.75, 3.05) is 11.1 Å². The molecule has 0 fully saturated rings. The van der Waals surface area contributed by atoms with Crippen LogP contribution < -0.4 is 11.1 Å². The van der Waals surface area contributed by atoms with E-state index in [1.165, 1.54) is 11.3 Å². The third-order valence-corrected chi connectivity index (χ3v) is 4.30. The predicted molar refractivity (Wildman–Crippen MR) is 92.1 cm³/mol. The fraction of sp³-hybridized carbons (Fsp3) is 0.188. The van der Waals surface area contributed by atoms with Crippen molar-refractivity contribution < 1.29 is 4.79 Å². The van der Waals surface area contributed by atoms with Gasteiger partial charge in [0.05, 0.1) is 6.33 Å². The number of imidazole rings is 1. The minimum absolute atomic E-state index is 0.0576. The zero-order valence-electron chi connectivity index (χ0n) is 12.7. The van der Waals surface area contributed by atoms with E-state index in [1.807, 2.05) is 41.9 Å². The molecule has 3 N–H and O–H groups in total. The number of hydrogen-bond donors (Lipinski definition) is 2. The molecule has 0 aliphatic rings. The van der Waals surface area contributed by atoms with Crippen LogP contribution in [0.4, 0.5) is 10.9 Å². The van der Waals surface area contributed by atoms with Gasteiger partial charge in [0.1, 0.15) is 11.5 Å². The molecule has 23 heavy (non-hydrogen) atoms. The Morgan fingerprint density at radius 2 is 2.09 bits per heavy atom. The van der Waals surface area contributed by atoms with Crippen molar-refractivity contribution >= 4 is 28.2 Å². The van der Waals surface area contributed by atoms with Crippen LogP contribution in [0.25, 0.3) is 11.3 Å². The van der Waals surface area contributed by atoms with Gasteiger partial charge >= 0.3 is 0 Å². The Morgan fingerprint density at radius 3 is 2.78 bits per heavy atom. The molecule has 0 saturated carbocycles. The molecule has 2 heterocycles. The van der Waals surface area contributed by atoms with Crippen molar-refractivity contribution in [1.29, 1.82) is 0 Å². The van der Waals surface area contributed by atoms with Crippen molar-refractivity contribution in [3.8, 4) is 11.3 Å². The Kier molecular flexibility index (Phi) is 4.38. The lowest BCUT2D eigenvalue weighted by Gasteiger charge is -2.08. The number of nitrogens with one attached hydrogen (secondary N) is 1. The van der Waals surface area contributed by atoms with Crippen molar-refractivity contribution in [3.05, 3.63) is 47.7 Å². The van der Waals surface area contributed by atoms with Crippen LogP contribution in [0.3, 0.4) is 0 Å². The molecule has 0 aliphatic heterocycles. The molecule has 0 atom stereocenters.